The molecule has 0 radical (unpaired) electrons. The first kappa shape index (κ1) is 31.4. The summed E-state index contributed by atoms with van der Waals surface area (Å²) in [5.41, 5.74) is 17.5. The van der Waals surface area contributed by atoms with E-state index in [-0.39, 0.29) is 0 Å². The number of anilines is 1. The van der Waals surface area contributed by atoms with Gasteiger partial charge >= 0.3 is 0 Å². The van der Waals surface area contributed by atoms with E-state index in [0.717, 1.165) is 72.5 Å². The standard InChI is InChI=1S/C47H34N4/c48-47-45(43-29-39(35-17-9-3-10-18-35)26-40(30-43)36-19-11-4-12-20-36)31-42(32-46(47)51-50-44-21-23-49-24-22-44)41-27-37(33-13-5-1-6-14-33)25-38(28-41)34-15-7-2-8-16-34/h1-32,48H,(H,49,50)/b48-47?,51-46-. The highest BCUT2D eigenvalue weighted by atomic mass is 15.3. The molecule has 0 saturated heterocycles. The summed E-state index contributed by atoms with van der Waals surface area (Å²) in [7, 11) is 0. The molecule has 4 heteroatoms. The average Bonchev–Trinajstić information content (AvgIpc) is 3.22. The molecule has 242 valence electrons. The van der Waals surface area contributed by atoms with Crippen LogP contribution in [0, 0.1) is 5.41 Å². The van der Waals surface area contributed by atoms with E-state index in [1.807, 2.05) is 42.5 Å². The topological polar surface area (TPSA) is 61.1 Å². The van der Waals surface area contributed by atoms with Gasteiger partial charge in [0.2, 0.25) is 0 Å². The lowest BCUT2D eigenvalue weighted by Gasteiger charge is -2.20. The monoisotopic (exact) mass is 654 g/mol. The maximum absolute atomic E-state index is 9.57. The van der Waals surface area contributed by atoms with Crippen molar-refractivity contribution in [3.05, 3.63) is 206 Å². The predicted octanol–water partition coefficient (Wildman–Crippen LogP) is 11.7. The zero-order valence-electron chi connectivity index (χ0n) is 27.9. The van der Waals surface area contributed by atoms with Crippen LogP contribution in [0.5, 0.6) is 0 Å². The second-order valence-electron chi connectivity index (χ2n) is 12.4. The van der Waals surface area contributed by atoms with Crippen molar-refractivity contribution in [1.29, 1.82) is 5.41 Å². The molecule has 0 bridgehead atoms. The van der Waals surface area contributed by atoms with E-state index in [1.165, 1.54) is 0 Å². The molecule has 1 heterocycles. The Labute approximate surface area is 298 Å². The first-order valence-electron chi connectivity index (χ1n) is 17.0. The molecule has 0 spiro atoms. The van der Waals surface area contributed by atoms with Crippen molar-refractivity contribution in [3.8, 4) is 44.5 Å². The number of nitrogens with zero attached hydrogens (tertiary/aromatic N) is 2. The van der Waals surface area contributed by atoms with E-state index in [1.54, 1.807) is 12.4 Å². The third-order valence-electron chi connectivity index (χ3n) is 9.04. The Morgan fingerprint density at radius 3 is 1.24 bits per heavy atom. The summed E-state index contributed by atoms with van der Waals surface area (Å²) in [6.07, 6.45) is 7.60. The third-order valence-corrected chi connectivity index (χ3v) is 9.04. The molecule has 6 aromatic carbocycles. The van der Waals surface area contributed by atoms with Crippen molar-refractivity contribution in [2.45, 2.75) is 0 Å². The molecular weight excluding hydrogens is 621 g/mol. The number of benzene rings is 6. The molecular formula is C47H34N4. The van der Waals surface area contributed by atoms with Crippen LogP contribution in [0.3, 0.4) is 0 Å². The molecule has 0 saturated carbocycles. The lowest BCUT2D eigenvalue weighted by atomic mass is 9.84. The van der Waals surface area contributed by atoms with Crippen LogP contribution in [-0.4, -0.2) is 16.4 Å². The smallest absolute Gasteiger partial charge is 0.109 e. The summed E-state index contributed by atoms with van der Waals surface area (Å²) >= 11 is 0. The summed E-state index contributed by atoms with van der Waals surface area (Å²) in [5, 5.41) is 14.4. The molecule has 4 nitrogen and oxygen atoms in total. The van der Waals surface area contributed by atoms with E-state index in [2.05, 4.69) is 150 Å². The van der Waals surface area contributed by atoms with Gasteiger partial charge in [-0.1, -0.05) is 121 Å². The van der Waals surface area contributed by atoms with Crippen molar-refractivity contribution in [2.75, 3.05) is 5.43 Å². The zero-order chi connectivity index (χ0) is 34.4. The molecule has 0 unspecified atom stereocenters. The fourth-order valence-corrected chi connectivity index (χ4v) is 6.43. The molecule has 1 aliphatic rings. The van der Waals surface area contributed by atoms with Crippen LogP contribution in [0.1, 0.15) is 11.1 Å². The second kappa shape index (κ2) is 14.3. The van der Waals surface area contributed by atoms with Crippen LogP contribution in [0.4, 0.5) is 5.69 Å². The maximum Gasteiger partial charge on any atom is 0.109 e. The van der Waals surface area contributed by atoms with Crippen LogP contribution in [-0.2, 0) is 0 Å². The van der Waals surface area contributed by atoms with Gasteiger partial charge in [0.1, 0.15) is 5.71 Å². The number of pyridine rings is 1. The van der Waals surface area contributed by atoms with Crippen molar-refractivity contribution in [1.82, 2.24) is 4.98 Å². The normalized spacial score (nSPS) is 13.4. The van der Waals surface area contributed by atoms with Gasteiger partial charge in [0.15, 0.2) is 0 Å². The zero-order valence-corrected chi connectivity index (χ0v) is 27.9. The first-order chi connectivity index (χ1) is 25.2. The van der Waals surface area contributed by atoms with Gasteiger partial charge in [0.05, 0.1) is 11.4 Å². The van der Waals surface area contributed by atoms with Crippen molar-refractivity contribution >= 4 is 28.3 Å². The van der Waals surface area contributed by atoms with Gasteiger partial charge in [0, 0.05) is 18.0 Å². The molecule has 51 heavy (non-hydrogen) atoms. The minimum absolute atomic E-state index is 0.340. The Bertz CT molecular complexity index is 2300. The molecule has 0 aliphatic heterocycles. The van der Waals surface area contributed by atoms with Crippen LogP contribution >= 0.6 is 0 Å². The summed E-state index contributed by atoms with van der Waals surface area (Å²) in [4.78, 5) is 4.14. The van der Waals surface area contributed by atoms with Crippen LogP contribution in [0.2, 0.25) is 0 Å². The SMILES string of the molecule is N=C1C(c2cc(-c3ccccc3)cc(-c3ccccc3)c2)=CC(c2cc(-c3ccccc3)cc(-c3ccccc3)c2)=C/C1=N/Nc1ccncc1. The highest BCUT2D eigenvalue weighted by Gasteiger charge is 2.22. The van der Waals surface area contributed by atoms with Gasteiger partial charge in [-0.05, 0) is 122 Å². The van der Waals surface area contributed by atoms with E-state index < -0.39 is 0 Å². The quantitative estimate of drug-likeness (QED) is 0.127. The third kappa shape index (κ3) is 6.98. The molecule has 0 atom stereocenters. The number of aromatic nitrogens is 1. The minimum atomic E-state index is 0.340. The summed E-state index contributed by atoms with van der Waals surface area (Å²) in [5.74, 6) is 0. The number of hydrazone groups is 1. The molecule has 0 amide bonds. The molecule has 1 aromatic heterocycles. The fourth-order valence-electron chi connectivity index (χ4n) is 6.43. The van der Waals surface area contributed by atoms with E-state index in [9.17, 15) is 5.41 Å². The molecule has 8 rings (SSSR count). The van der Waals surface area contributed by atoms with Gasteiger partial charge in [0.25, 0.3) is 0 Å². The fraction of sp³-hybridized carbons (Fsp3) is 0. The Hall–Kier alpha value is -6.91. The van der Waals surface area contributed by atoms with Crippen LogP contribution in [0.25, 0.3) is 55.7 Å². The van der Waals surface area contributed by atoms with Gasteiger partial charge < -0.3 is 0 Å². The minimum Gasteiger partial charge on any atom is -0.298 e. The number of hydrogen-bond acceptors (Lipinski definition) is 4. The van der Waals surface area contributed by atoms with Gasteiger partial charge in [-0.2, -0.15) is 5.10 Å². The van der Waals surface area contributed by atoms with Crippen molar-refractivity contribution in [3.63, 3.8) is 0 Å². The van der Waals surface area contributed by atoms with E-state index in [0.29, 0.717) is 11.4 Å². The lowest BCUT2D eigenvalue weighted by Crippen LogP contribution is -2.18. The highest BCUT2D eigenvalue weighted by Crippen LogP contribution is 2.37. The Kier molecular flexibility index (Phi) is 8.79. The van der Waals surface area contributed by atoms with Crippen molar-refractivity contribution in [2.24, 2.45) is 5.10 Å². The molecule has 0 fully saturated rings. The number of nitrogens with one attached hydrogen (secondary N) is 2. The summed E-state index contributed by atoms with van der Waals surface area (Å²) in [6.45, 7) is 0. The number of rotatable bonds is 8. The molecule has 1 aliphatic carbocycles. The van der Waals surface area contributed by atoms with Gasteiger partial charge in [-0.3, -0.25) is 15.8 Å². The van der Waals surface area contributed by atoms with Crippen molar-refractivity contribution < 1.29 is 0 Å². The second-order valence-corrected chi connectivity index (χ2v) is 12.4. The Morgan fingerprint density at radius 1 is 0.412 bits per heavy atom. The largest absolute Gasteiger partial charge is 0.298 e. The molecule has 2 N–H and O–H groups in total. The summed E-state index contributed by atoms with van der Waals surface area (Å²) in [6, 6.07) is 58.9. The van der Waals surface area contributed by atoms with Gasteiger partial charge in [-0.15, -0.1) is 0 Å². The van der Waals surface area contributed by atoms with E-state index in [4.69, 9.17) is 5.10 Å². The Balaban J connectivity index is 1.33. The average molecular weight is 655 g/mol. The predicted molar refractivity (Wildman–Crippen MR) is 214 cm³/mol. The first-order valence-corrected chi connectivity index (χ1v) is 17.0. The summed E-state index contributed by atoms with van der Waals surface area (Å²) < 4.78 is 0. The highest BCUT2D eigenvalue weighted by molar-refractivity contribution is 6.62. The number of hydrogen-bond donors (Lipinski definition) is 2. The van der Waals surface area contributed by atoms with Gasteiger partial charge in [-0.25, -0.2) is 0 Å². The molecule has 7 aromatic rings. The van der Waals surface area contributed by atoms with Crippen LogP contribution in [0.15, 0.2) is 200 Å². The van der Waals surface area contributed by atoms with Crippen LogP contribution < -0.4 is 5.43 Å². The Morgan fingerprint density at radius 2 is 0.804 bits per heavy atom. The maximum atomic E-state index is 9.57. The van der Waals surface area contributed by atoms with E-state index >= 15 is 0 Å². The lowest BCUT2D eigenvalue weighted by molar-refractivity contribution is 1.28. The number of allylic oxidation sites excluding steroid dienone is 4.